The molecular weight excluding hydrogens is 208 g/mol. The highest BCUT2D eigenvalue weighted by molar-refractivity contribution is 5.97. The van der Waals surface area contributed by atoms with Crippen molar-refractivity contribution in [2.75, 3.05) is 18.4 Å². The smallest absolute Gasteiger partial charge is 0.252 e. The fourth-order valence-electron chi connectivity index (χ4n) is 1.16. The summed E-state index contributed by atoms with van der Waals surface area (Å²) >= 11 is 0. The lowest BCUT2D eigenvalue weighted by molar-refractivity contribution is -0.118. The van der Waals surface area contributed by atoms with Crippen LogP contribution in [0.3, 0.4) is 0 Å². The Morgan fingerprint density at radius 3 is 2.81 bits per heavy atom. The van der Waals surface area contributed by atoms with Gasteiger partial charge >= 0.3 is 0 Å². The maximum Gasteiger partial charge on any atom is 0.252 e. The van der Waals surface area contributed by atoms with E-state index >= 15 is 0 Å². The molecule has 0 saturated heterocycles. The second kappa shape index (κ2) is 5.69. The van der Waals surface area contributed by atoms with Crippen molar-refractivity contribution in [2.24, 2.45) is 5.73 Å². The summed E-state index contributed by atoms with van der Waals surface area (Å²) in [4.78, 5) is 25.6. The van der Waals surface area contributed by atoms with Crippen LogP contribution in [0.5, 0.6) is 0 Å². The summed E-state index contributed by atoms with van der Waals surface area (Å²) in [5.41, 5.74) is 5.52. The third-order valence-corrected chi connectivity index (χ3v) is 1.86. The third-order valence-electron chi connectivity index (χ3n) is 1.86. The van der Waals surface area contributed by atoms with Crippen molar-refractivity contribution in [3.8, 4) is 0 Å². The molecule has 0 aliphatic heterocycles. The maximum absolute atomic E-state index is 11.0. The van der Waals surface area contributed by atoms with Crippen LogP contribution in [0.1, 0.15) is 17.3 Å². The zero-order valence-electron chi connectivity index (χ0n) is 8.99. The first-order valence-electron chi connectivity index (χ1n) is 4.84. The molecule has 0 bridgehead atoms. The van der Waals surface area contributed by atoms with E-state index < -0.39 is 5.91 Å². The number of aromatic nitrogens is 1. The minimum absolute atomic E-state index is 0.0991. The maximum atomic E-state index is 11.0. The van der Waals surface area contributed by atoms with E-state index in [4.69, 9.17) is 5.73 Å². The largest absolute Gasteiger partial charge is 0.368 e. The average molecular weight is 222 g/mol. The Kier molecular flexibility index (Phi) is 4.26. The number of rotatable bonds is 5. The second-order valence-electron chi connectivity index (χ2n) is 3.17. The van der Waals surface area contributed by atoms with Crippen LogP contribution >= 0.6 is 0 Å². The monoisotopic (exact) mass is 222 g/mol. The molecule has 1 aromatic heterocycles. The molecular formula is C10H14N4O2. The van der Waals surface area contributed by atoms with Gasteiger partial charge in [0.1, 0.15) is 5.82 Å². The van der Waals surface area contributed by atoms with E-state index in [-0.39, 0.29) is 5.91 Å². The highest BCUT2D eigenvalue weighted by Gasteiger charge is 2.07. The second-order valence-corrected chi connectivity index (χ2v) is 3.17. The number of nitrogens with zero attached hydrogens (tertiary/aromatic N) is 1. The lowest BCUT2D eigenvalue weighted by Gasteiger charge is -2.08. The number of carbonyl (C=O) groups is 2. The summed E-state index contributed by atoms with van der Waals surface area (Å²) in [5.74, 6) is -0.201. The number of nitrogens with two attached hydrogens (primary N) is 1. The minimum atomic E-state index is -0.532. The number of nitrogens with one attached hydrogen (secondary N) is 2. The molecule has 1 heterocycles. The van der Waals surface area contributed by atoms with E-state index in [9.17, 15) is 9.59 Å². The molecule has 1 rings (SSSR count). The van der Waals surface area contributed by atoms with Crippen LogP contribution < -0.4 is 16.4 Å². The number of pyridine rings is 1. The molecule has 0 spiro atoms. The van der Waals surface area contributed by atoms with E-state index in [1.165, 1.54) is 6.92 Å². The van der Waals surface area contributed by atoms with E-state index in [1.807, 2.05) is 0 Å². The summed E-state index contributed by atoms with van der Waals surface area (Å²) in [6, 6.07) is 3.23. The van der Waals surface area contributed by atoms with Crippen LogP contribution in [0.15, 0.2) is 18.3 Å². The first kappa shape index (κ1) is 12.0. The quantitative estimate of drug-likeness (QED) is 0.597. The molecule has 2 amide bonds. The third kappa shape index (κ3) is 3.56. The van der Waals surface area contributed by atoms with Crippen LogP contribution in [-0.2, 0) is 4.79 Å². The van der Waals surface area contributed by atoms with Crippen LogP contribution in [0.4, 0.5) is 5.82 Å². The zero-order valence-corrected chi connectivity index (χ0v) is 8.99. The molecule has 0 aromatic carbocycles. The van der Waals surface area contributed by atoms with E-state index in [1.54, 1.807) is 18.3 Å². The van der Waals surface area contributed by atoms with Gasteiger partial charge in [-0.05, 0) is 12.1 Å². The number of amides is 2. The number of hydrogen-bond acceptors (Lipinski definition) is 4. The Bertz CT molecular complexity index is 392. The zero-order chi connectivity index (χ0) is 12.0. The Morgan fingerprint density at radius 2 is 2.19 bits per heavy atom. The van der Waals surface area contributed by atoms with Gasteiger partial charge in [-0.2, -0.15) is 0 Å². The molecule has 6 heteroatoms. The van der Waals surface area contributed by atoms with Crippen LogP contribution in [0.2, 0.25) is 0 Å². The predicted molar refractivity (Wildman–Crippen MR) is 59.9 cm³/mol. The number of hydrogen-bond donors (Lipinski definition) is 3. The summed E-state index contributed by atoms with van der Waals surface area (Å²) in [6.45, 7) is 2.39. The van der Waals surface area contributed by atoms with Crippen LogP contribution in [0, 0.1) is 0 Å². The van der Waals surface area contributed by atoms with E-state index in [0.29, 0.717) is 24.5 Å². The Labute approximate surface area is 93.2 Å². The lowest BCUT2D eigenvalue weighted by Crippen LogP contribution is -2.27. The topological polar surface area (TPSA) is 97.1 Å². The fraction of sp³-hybridized carbons (Fsp3) is 0.300. The summed E-state index contributed by atoms with van der Waals surface area (Å²) in [7, 11) is 0. The first-order valence-corrected chi connectivity index (χ1v) is 4.84. The van der Waals surface area contributed by atoms with Crippen molar-refractivity contribution in [3.63, 3.8) is 0 Å². The van der Waals surface area contributed by atoms with Gasteiger partial charge in [0.25, 0.3) is 5.91 Å². The molecule has 0 aliphatic rings. The molecule has 0 aliphatic carbocycles. The van der Waals surface area contributed by atoms with Gasteiger partial charge in [-0.3, -0.25) is 9.59 Å². The van der Waals surface area contributed by atoms with Crippen molar-refractivity contribution < 1.29 is 9.59 Å². The van der Waals surface area contributed by atoms with E-state index in [0.717, 1.165) is 0 Å². The van der Waals surface area contributed by atoms with Crippen LogP contribution in [-0.4, -0.2) is 29.9 Å². The lowest BCUT2D eigenvalue weighted by atomic mass is 10.2. The summed E-state index contributed by atoms with van der Waals surface area (Å²) in [5, 5.41) is 5.54. The molecule has 1 aromatic rings. The Balaban J connectivity index is 2.53. The van der Waals surface area contributed by atoms with Gasteiger partial charge in [-0.15, -0.1) is 0 Å². The Hall–Kier alpha value is -2.11. The molecule has 86 valence electrons. The highest BCUT2D eigenvalue weighted by Crippen LogP contribution is 2.09. The van der Waals surface area contributed by atoms with Crippen molar-refractivity contribution in [1.82, 2.24) is 10.3 Å². The summed E-state index contributed by atoms with van der Waals surface area (Å²) < 4.78 is 0. The van der Waals surface area contributed by atoms with Crippen molar-refractivity contribution in [3.05, 3.63) is 23.9 Å². The molecule has 4 N–H and O–H groups in total. The van der Waals surface area contributed by atoms with Gasteiger partial charge in [-0.1, -0.05) is 0 Å². The average Bonchev–Trinajstić information content (AvgIpc) is 2.24. The minimum Gasteiger partial charge on any atom is -0.368 e. The van der Waals surface area contributed by atoms with Gasteiger partial charge in [0, 0.05) is 26.2 Å². The molecule has 6 nitrogen and oxygen atoms in total. The number of primary amides is 1. The molecule has 0 fully saturated rings. The van der Waals surface area contributed by atoms with Gasteiger partial charge < -0.3 is 16.4 Å². The molecule has 0 saturated carbocycles. The van der Waals surface area contributed by atoms with Crippen molar-refractivity contribution >= 4 is 17.6 Å². The molecule has 0 unspecified atom stereocenters. The molecule has 0 radical (unpaired) electrons. The predicted octanol–water partition coefficient (Wildman–Crippen LogP) is -0.272. The normalized spacial score (nSPS) is 9.56. The van der Waals surface area contributed by atoms with Gasteiger partial charge in [-0.25, -0.2) is 4.98 Å². The van der Waals surface area contributed by atoms with Crippen molar-refractivity contribution in [2.45, 2.75) is 6.92 Å². The van der Waals surface area contributed by atoms with Gasteiger partial charge in [0.2, 0.25) is 5.91 Å². The number of anilines is 1. The molecule has 16 heavy (non-hydrogen) atoms. The summed E-state index contributed by atoms with van der Waals surface area (Å²) in [6.07, 6.45) is 1.56. The van der Waals surface area contributed by atoms with Gasteiger partial charge in [0.05, 0.1) is 5.56 Å². The fourth-order valence-corrected chi connectivity index (χ4v) is 1.16. The van der Waals surface area contributed by atoms with Crippen molar-refractivity contribution in [1.29, 1.82) is 0 Å². The van der Waals surface area contributed by atoms with Gasteiger partial charge in [0.15, 0.2) is 0 Å². The molecule has 0 atom stereocenters. The first-order chi connectivity index (χ1) is 7.61. The van der Waals surface area contributed by atoms with Crippen LogP contribution in [0.25, 0.3) is 0 Å². The number of carbonyl (C=O) groups excluding carboxylic acids is 2. The standard InChI is InChI=1S/C10H14N4O2/c1-7(15)12-5-6-14-10-8(9(11)16)3-2-4-13-10/h2-4H,5-6H2,1H3,(H2,11,16)(H,12,15)(H,13,14). The van der Waals surface area contributed by atoms with E-state index in [2.05, 4.69) is 15.6 Å². The Morgan fingerprint density at radius 1 is 1.44 bits per heavy atom. The SMILES string of the molecule is CC(=O)NCCNc1ncccc1C(N)=O. The highest BCUT2D eigenvalue weighted by atomic mass is 16.1.